The predicted molar refractivity (Wildman–Crippen MR) is 84.8 cm³/mol. The van der Waals surface area contributed by atoms with Crippen LogP contribution in [0.5, 0.6) is 0 Å². The Labute approximate surface area is 137 Å². The monoisotopic (exact) mass is 325 g/mol. The molecule has 1 atom stereocenters. The third-order valence-corrected chi connectivity index (χ3v) is 4.01. The summed E-state index contributed by atoms with van der Waals surface area (Å²) in [6, 6.07) is -0.607. The Bertz CT molecular complexity index is 466. The molecule has 0 aromatic carbocycles. The number of nitrogens with zero attached hydrogens (tertiary/aromatic N) is 2. The Morgan fingerprint density at radius 3 is 2.43 bits per heavy atom. The molecule has 0 saturated carbocycles. The highest BCUT2D eigenvalue weighted by molar-refractivity contribution is 5.90. The normalized spacial score (nSPS) is 22.2. The predicted octanol–water partition coefficient (Wildman–Crippen LogP) is 1.12. The summed E-state index contributed by atoms with van der Waals surface area (Å²) in [6.45, 7) is 7.54. The fourth-order valence-corrected chi connectivity index (χ4v) is 2.91. The van der Waals surface area contributed by atoms with Gasteiger partial charge in [0.05, 0.1) is 6.54 Å². The Hall–Kier alpha value is -1.79. The smallest absolute Gasteiger partial charge is 0.408 e. The summed E-state index contributed by atoms with van der Waals surface area (Å²) in [5.41, 5.74) is -0.604. The van der Waals surface area contributed by atoms with E-state index in [4.69, 9.17) is 4.74 Å². The van der Waals surface area contributed by atoms with Crippen molar-refractivity contribution < 1.29 is 19.1 Å². The van der Waals surface area contributed by atoms with Crippen LogP contribution in [-0.2, 0) is 14.3 Å². The van der Waals surface area contributed by atoms with E-state index in [-0.39, 0.29) is 18.4 Å². The van der Waals surface area contributed by atoms with Crippen molar-refractivity contribution in [2.24, 2.45) is 0 Å². The van der Waals surface area contributed by atoms with Crippen LogP contribution in [0.3, 0.4) is 0 Å². The van der Waals surface area contributed by atoms with E-state index < -0.39 is 17.7 Å². The molecule has 0 aliphatic carbocycles. The molecule has 2 saturated heterocycles. The highest BCUT2D eigenvalue weighted by atomic mass is 16.6. The lowest BCUT2D eigenvalue weighted by molar-refractivity contribution is -0.143. The van der Waals surface area contributed by atoms with Gasteiger partial charge in [-0.3, -0.25) is 9.59 Å². The maximum atomic E-state index is 12.5. The molecule has 2 aliphatic rings. The van der Waals surface area contributed by atoms with Crippen LogP contribution in [0.1, 0.15) is 46.5 Å². The van der Waals surface area contributed by atoms with Gasteiger partial charge in [0, 0.05) is 19.6 Å². The van der Waals surface area contributed by atoms with Gasteiger partial charge in [-0.05, 0) is 46.5 Å². The van der Waals surface area contributed by atoms with E-state index in [9.17, 15) is 14.4 Å². The van der Waals surface area contributed by atoms with E-state index in [0.29, 0.717) is 13.0 Å². The van der Waals surface area contributed by atoms with Gasteiger partial charge in [0.15, 0.2) is 0 Å². The topological polar surface area (TPSA) is 79.0 Å². The Balaban J connectivity index is 1.87. The molecule has 2 heterocycles. The fraction of sp³-hybridized carbons (Fsp3) is 0.812. The lowest BCUT2D eigenvalue weighted by atomic mass is 10.0. The Morgan fingerprint density at radius 2 is 1.83 bits per heavy atom. The summed E-state index contributed by atoms with van der Waals surface area (Å²) in [6.07, 6.45) is 2.81. The number of hydrogen-bond donors (Lipinski definition) is 1. The molecule has 2 aliphatic heterocycles. The van der Waals surface area contributed by atoms with Crippen molar-refractivity contribution in [3.05, 3.63) is 0 Å². The molecule has 0 aromatic rings. The number of alkyl carbamates (subject to hydrolysis) is 1. The van der Waals surface area contributed by atoms with Crippen molar-refractivity contribution in [3.8, 4) is 0 Å². The average molecular weight is 325 g/mol. The van der Waals surface area contributed by atoms with Crippen LogP contribution in [0.4, 0.5) is 4.79 Å². The number of rotatable bonds is 3. The van der Waals surface area contributed by atoms with Crippen molar-refractivity contribution in [1.29, 1.82) is 0 Å². The second kappa shape index (κ2) is 7.19. The molecule has 130 valence electrons. The van der Waals surface area contributed by atoms with Gasteiger partial charge in [0.25, 0.3) is 0 Å². The third kappa shape index (κ3) is 5.11. The SMILES string of the molecule is CC(C)(C)OC(=O)N[C@H]1CCCN(CC(=O)N2CCCC2)C1=O. The molecule has 2 rings (SSSR count). The molecule has 7 nitrogen and oxygen atoms in total. The molecule has 2 fully saturated rings. The van der Waals surface area contributed by atoms with E-state index in [1.165, 1.54) is 0 Å². The second-order valence-electron chi connectivity index (χ2n) is 7.19. The van der Waals surface area contributed by atoms with Crippen LogP contribution in [0.25, 0.3) is 0 Å². The quantitative estimate of drug-likeness (QED) is 0.843. The number of nitrogens with one attached hydrogen (secondary N) is 1. The summed E-state index contributed by atoms with van der Waals surface area (Å²) < 4.78 is 5.19. The van der Waals surface area contributed by atoms with E-state index in [2.05, 4.69) is 5.32 Å². The number of carbonyl (C=O) groups is 3. The zero-order chi connectivity index (χ0) is 17.0. The van der Waals surface area contributed by atoms with Gasteiger partial charge in [0.1, 0.15) is 11.6 Å². The molecular formula is C16H27N3O4. The Kier molecular flexibility index (Phi) is 5.49. The number of likely N-dealkylation sites (tertiary alicyclic amines) is 2. The van der Waals surface area contributed by atoms with Crippen LogP contribution in [0, 0.1) is 0 Å². The maximum absolute atomic E-state index is 12.5. The van der Waals surface area contributed by atoms with Gasteiger partial charge in [0.2, 0.25) is 11.8 Å². The number of amides is 3. The number of piperidine rings is 1. The van der Waals surface area contributed by atoms with Crippen LogP contribution >= 0.6 is 0 Å². The van der Waals surface area contributed by atoms with Gasteiger partial charge in [-0.25, -0.2) is 4.79 Å². The lowest BCUT2D eigenvalue weighted by Gasteiger charge is -2.33. The molecule has 0 unspecified atom stereocenters. The molecule has 7 heteroatoms. The second-order valence-corrected chi connectivity index (χ2v) is 7.19. The van der Waals surface area contributed by atoms with Crippen molar-refractivity contribution in [2.45, 2.75) is 58.1 Å². The summed E-state index contributed by atoms with van der Waals surface area (Å²) >= 11 is 0. The zero-order valence-electron chi connectivity index (χ0n) is 14.3. The van der Waals surface area contributed by atoms with E-state index >= 15 is 0 Å². The summed E-state index contributed by atoms with van der Waals surface area (Å²) in [5.74, 6) is -0.205. The number of carbonyl (C=O) groups excluding carboxylic acids is 3. The molecule has 0 aromatic heterocycles. The van der Waals surface area contributed by atoms with Gasteiger partial charge in [-0.2, -0.15) is 0 Å². The van der Waals surface area contributed by atoms with E-state index in [1.807, 2.05) is 0 Å². The molecule has 0 radical (unpaired) electrons. The van der Waals surface area contributed by atoms with Gasteiger partial charge in [-0.1, -0.05) is 0 Å². The van der Waals surface area contributed by atoms with Gasteiger partial charge >= 0.3 is 6.09 Å². The first-order chi connectivity index (χ1) is 10.8. The molecule has 1 N–H and O–H groups in total. The standard InChI is InChI=1S/C16H27N3O4/c1-16(2,3)23-15(22)17-12-7-6-10-19(14(12)21)11-13(20)18-8-4-5-9-18/h12H,4-11H2,1-3H3,(H,17,22)/t12-/m0/s1. The first-order valence-electron chi connectivity index (χ1n) is 8.32. The molecule has 0 spiro atoms. The molecular weight excluding hydrogens is 298 g/mol. The van der Waals surface area contributed by atoms with Crippen LogP contribution in [-0.4, -0.2) is 65.5 Å². The van der Waals surface area contributed by atoms with Crippen LogP contribution < -0.4 is 5.32 Å². The van der Waals surface area contributed by atoms with Gasteiger partial charge < -0.3 is 19.9 Å². The molecule has 23 heavy (non-hydrogen) atoms. The summed E-state index contributed by atoms with van der Waals surface area (Å²) in [7, 11) is 0. The minimum atomic E-state index is -0.607. The Morgan fingerprint density at radius 1 is 1.17 bits per heavy atom. The largest absolute Gasteiger partial charge is 0.444 e. The fourth-order valence-electron chi connectivity index (χ4n) is 2.91. The highest BCUT2D eigenvalue weighted by Crippen LogP contribution is 2.15. The van der Waals surface area contributed by atoms with E-state index in [1.54, 1.807) is 30.6 Å². The third-order valence-electron chi connectivity index (χ3n) is 4.01. The number of hydrogen-bond acceptors (Lipinski definition) is 4. The van der Waals surface area contributed by atoms with Crippen LogP contribution in [0.2, 0.25) is 0 Å². The average Bonchev–Trinajstić information content (AvgIpc) is 2.95. The first-order valence-corrected chi connectivity index (χ1v) is 8.32. The van der Waals surface area contributed by atoms with Crippen molar-refractivity contribution in [2.75, 3.05) is 26.2 Å². The molecule has 0 bridgehead atoms. The minimum absolute atomic E-state index is 0.00577. The lowest BCUT2D eigenvalue weighted by Crippen LogP contribution is -2.55. The van der Waals surface area contributed by atoms with E-state index in [0.717, 1.165) is 32.4 Å². The maximum Gasteiger partial charge on any atom is 0.408 e. The minimum Gasteiger partial charge on any atom is -0.444 e. The number of ether oxygens (including phenoxy) is 1. The summed E-state index contributed by atoms with van der Waals surface area (Å²) in [5, 5.41) is 2.62. The van der Waals surface area contributed by atoms with Gasteiger partial charge in [-0.15, -0.1) is 0 Å². The first kappa shape index (κ1) is 17.6. The summed E-state index contributed by atoms with van der Waals surface area (Å²) in [4.78, 5) is 39.8. The van der Waals surface area contributed by atoms with Crippen molar-refractivity contribution in [3.63, 3.8) is 0 Å². The van der Waals surface area contributed by atoms with Crippen molar-refractivity contribution >= 4 is 17.9 Å². The zero-order valence-corrected chi connectivity index (χ0v) is 14.3. The molecule has 3 amide bonds. The van der Waals surface area contributed by atoms with Crippen molar-refractivity contribution in [1.82, 2.24) is 15.1 Å². The highest BCUT2D eigenvalue weighted by Gasteiger charge is 2.33. The van der Waals surface area contributed by atoms with Crippen LogP contribution in [0.15, 0.2) is 0 Å².